The summed E-state index contributed by atoms with van der Waals surface area (Å²) in [7, 11) is 6.95. The van der Waals surface area contributed by atoms with Gasteiger partial charge >= 0.3 is 5.97 Å². The molecule has 5 saturated carbocycles. The highest BCUT2D eigenvalue weighted by molar-refractivity contribution is 5.69. The molecule has 1 saturated heterocycles. The molecule has 7 bridgehead atoms. The van der Waals surface area contributed by atoms with E-state index in [1.807, 2.05) is 7.11 Å². The van der Waals surface area contributed by atoms with Crippen LogP contribution in [0.2, 0.25) is 0 Å². The fourth-order valence-corrected chi connectivity index (χ4v) is 13.9. The van der Waals surface area contributed by atoms with E-state index < -0.39 is 28.1 Å². The lowest BCUT2D eigenvalue weighted by molar-refractivity contribution is -0.320. The molecule has 0 aromatic carbocycles. The fourth-order valence-electron chi connectivity index (χ4n) is 13.9. The molecule has 6 rings (SSSR count). The van der Waals surface area contributed by atoms with Crippen molar-refractivity contribution in [2.24, 2.45) is 34.5 Å². The standard InChI is InChI=1S/C43H75NO8/c1-7-9-10-11-12-13-14-15-16-17-18-19-20-21-22-23-34(45)52-29-40-25-24-33(49-4)42-31-26-30-32(48-3)27-41(46,35(31)36(30)50-5)43(47,38(51-6)37(40)42)39(42)44(8-2)28-40/h30-33,35-39,46-47H,7-29H2,1-6H3/t30-,31-,32+,33+,35-,36+,37-,38+,39?,40+,41-,42+,43-/m1/s1. The van der Waals surface area contributed by atoms with E-state index in [-0.39, 0.29) is 54.0 Å². The van der Waals surface area contributed by atoms with Crippen LogP contribution in [0.3, 0.4) is 0 Å². The van der Waals surface area contributed by atoms with Gasteiger partial charge in [0.25, 0.3) is 0 Å². The van der Waals surface area contributed by atoms with Crippen molar-refractivity contribution in [1.29, 1.82) is 0 Å². The molecule has 6 fully saturated rings. The normalized spacial score (nSPS) is 42.9. The first-order valence-corrected chi connectivity index (χ1v) is 21.7. The van der Waals surface area contributed by atoms with Gasteiger partial charge in [-0.2, -0.15) is 0 Å². The van der Waals surface area contributed by atoms with Crippen LogP contribution in [0, 0.1) is 34.5 Å². The van der Waals surface area contributed by atoms with Gasteiger partial charge in [-0.15, -0.1) is 0 Å². The van der Waals surface area contributed by atoms with Crippen LogP contribution in [0.5, 0.6) is 0 Å². The summed E-state index contributed by atoms with van der Waals surface area (Å²) in [6.45, 7) is 6.14. The van der Waals surface area contributed by atoms with Crippen LogP contribution in [-0.4, -0.2) is 111 Å². The minimum absolute atomic E-state index is 0.0398. The molecular formula is C43H75NO8. The van der Waals surface area contributed by atoms with E-state index in [1.165, 1.54) is 83.5 Å². The number of carbonyl (C=O) groups excluding carboxylic acids is 1. The average molecular weight is 734 g/mol. The lowest BCUT2D eigenvalue weighted by Gasteiger charge is -2.70. The maximum Gasteiger partial charge on any atom is 0.305 e. The number of ether oxygens (including phenoxy) is 5. The summed E-state index contributed by atoms with van der Waals surface area (Å²) in [5.41, 5.74) is -3.96. The van der Waals surface area contributed by atoms with Crippen LogP contribution in [0.4, 0.5) is 0 Å². The first-order valence-electron chi connectivity index (χ1n) is 21.7. The number of esters is 1. The molecule has 13 atom stereocenters. The van der Waals surface area contributed by atoms with Crippen molar-refractivity contribution in [2.75, 3.05) is 48.1 Å². The van der Waals surface area contributed by atoms with Gasteiger partial charge in [0.05, 0.1) is 37.1 Å². The SMILES string of the molecule is CCCCCCCCCCCCCCCCCC(=O)OC[C@]12CC[C@H](OC)[C@]34C(N(CC)C1)[C@](O)([C@@H](OC)[C@H]23)[C@@]1(O)C[C@H](OC)[C@H]2C[C@@H]4[C@@H]1[C@H]2OC. The quantitative estimate of drug-likeness (QED) is 0.0842. The number of methoxy groups -OCH3 is 4. The summed E-state index contributed by atoms with van der Waals surface area (Å²) in [6, 6.07) is -0.354. The maximum atomic E-state index is 13.4. The Bertz CT molecular complexity index is 1170. The molecule has 1 spiro atoms. The Labute approximate surface area is 315 Å². The lowest BCUT2D eigenvalue weighted by atomic mass is 9.42. The van der Waals surface area contributed by atoms with Crippen LogP contribution in [-0.2, 0) is 28.5 Å². The van der Waals surface area contributed by atoms with Gasteiger partial charge < -0.3 is 33.9 Å². The molecule has 9 nitrogen and oxygen atoms in total. The Kier molecular flexibility index (Phi) is 13.5. The molecule has 2 N–H and O–H groups in total. The summed E-state index contributed by atoms with van der Waals surface area (Å²) in [5.74, 6) is -0.365. The largest absolute Gasteiger partial charge is 0.465 e. The molecular weight excluding hydrogens is 658 g/mol. The van der Waals surface area contributed by atoms with Crippen molar-refractivity contribution in [2.45, 2.75) is 184 Å². The minimum atomic E-state index is -1.58. The van der Waals surface area contributed by atoms with Gasteiger partial charge in [-0.1, -0.05) is 104 Å². The van der Waals surface area contributed by atoms with Crippen molar-refractivity contribution in [1.82, 2.24) is 4.90 Å². The van der Waals surface area contributed by atoms with Gasteiger partial charge in [0.2, 0.25) is 0 Å². The molecule has 0 radical (unpaired) electrons. The number of aliphatic hydroxyl groups is 2. The molecule has 0 aromatic rings. The van der Waals surface area contributed by atoms with Crippen molar-refractivity contribution in [3.05, 3.63) is 0 Å². The van der Waals surface area contributed by atoms with E-state index in [4.69, 9.17) is 23.7 Å². The van der Waals surface area contributed by atoms with Gasteiger partial charge in [-0.25, -0.2) is 0 Å². The number of carbonyl (C=O) groups is 1. The Morgan fingerprint density at radius 2 is 1.40 bits per heavy atom. The number of hydrogen-bond acceptors (Lipinski definition) is 9. The number of likely N-dealkylation sites (tertiary alicyclic amines) is 1. The Morgan fingerprint density at radius 3 is 1.94 bits per heavy atom. The summed E-state index contributed by atoms with van der Waals surface area (Å²) in [4.78, 5) is 15.8. The van der Waals surface area contributed by atoms with Gasteiger partial charge in [-0.3, -0.25) is 9.69 Å². The zero-order valence-corrected chi connectivity index (χ0v) is 33.8. The Morgan fingerprint density at radius 1 is 0.788 bits per heavy atom. The first kappa shape index (κ1) is 40.8. The molecule has 1 heterocycles. The number of fused-ring (bicyclic) bond motifs is 2. The molecule has 0 amide bonds. The van der Waals surface area contributed by atoms with Crippen molar-refractivity contribution in [3.63, 3.8) is 0 Å². The van der Waals surface area contributed by atoms with Gasteiger partial charge in [0.1, 0.15) is 11.2 Å². The molecule has 52 heavy (non-hydrogen) atoms. The topological polar surface area (TPSA) is 107 Å². The van der Waals surface area contributed by atoms with Crippen LogP contribution >= 0.6 is 0 Å². The summed E-state index contributed by atoms with van der Waals surface area (Å²) >= 11 is 0. The second-order valence-corrected chi connectivity index (χ2v) is 18.0. The number of unbranched alkanes of at least 4 members (excludes halogenated alkanes) is 14. The highest BCUT2D eigenvalue weighted by atomic mass is 16.5. The van der Waals surface area contributed by atoms with Crippen molar-refractivity contribution < 1.29 is 38.7 Å². The van der Waals surface area contributed by atoms with Crippen LogP contribution < -0.4 is 0 Å². The van der Waals surface area contributed by atoms with Crippen LogP contribution in [0.15, 0.2) is 0 Å². The van der Waals surface area contributed by atoms with E-state index >= 15 is 0 Å². The van der Waals surface area contributed by atoms with E-state index in [1.54, 1.807) is 21.3 Å². The van der Waals surface area contributed by atoms with Crippen molar-refractivity contribution in [3.8, 4) is 0 Å². The third-order valence-corrected chi connectivity index (χ3v) is 15.8. The van der Waals surface area contributed by atoms with E-state index in [9.17, 15) is 15.0 Å². The van der Waals surface area contributed by atoms with Gasteiger partial charge in [0.15, 0.2) is 0 Å². The number of hydrogen-bond donors (Lipinski definition) is 2. The Balaban J connectivity index is 1.08. The number of nitrogens with zero attached hydrogens (tertiary/aromatic N) is 1. The lowest BCUT2D eigenvalue weighted by Crippen LogP contribution is -2.82. The summed E-state index contributed by atoms with van der Waals surface area (Å²) < 4.78 is 31.5. The molecule has 0 aromatic heterocycles. The van der Waals surface area contributed by atoms with Crippen LogP contribution in [0.25, 0.3) is 0 Å². The average Bonchev–Trinajstić information content (AvgIpc) is 3.57. The monoisotopic (exact) mass is 734 g/mol. The molecule has 300 valence electrons. The maximum absolute atomic E-state index is 13.4. The molecule has 5 aliphatic carbocycles. The van der Waals surface area contributed by atoms with Crippen LogP contribution in [0.1, 0.15) is 142 Å². The Hall–Kier alpha value is -0.810. The second kappa shape index (κ2) is 17.1. The summed E-state index contributed by atoms with van der Waals surface area (Å²) in [6.07, 6.45) is 21.5. The molecule has 6 aliphatic rings. The highest BCUT2D eigenvalue weighted by Gasteiger charge is 2.91. The fraction of sp³-hybridized carbons (Fsp3) is 0.977. The van der Waals surface area contributed by atoms with E-state index in [2.05, 4.69) is 18.7 Å². The van der Waals surface area contributed by atoms with E-state index in [0.29, 0.717) is 32.5 Å². The molecule has 9 heteroatoms. The number of likely N-dealkylation sites (N-methyl/N-ethyl adjacent to an activating group) is 1. The smallest absolute Gasteiger partial charge is 0.305 e. The van der Waals surface area contributed by atoms with Gasteiger partial charge in [0, 0.05) is 76.4 Å². The molecule has 1 unspecified atom stereocenters. The third-order valence-electron chi connectivity index (χ3n) is 15.8. The minimum Gasteiger partial charge on any atom is -0.465 e. The first-order chi connectivity index (χ1) is 25.2. The zero-order chi connectivity index (χ0) is 37.1. The summed E-state index contributed by atoms with van der Waals surface area (Å²) in [5, 5.41) is 26.5. The van der Waals surface area contributed by atoms with Crippen molar-refractivity contribution >= 4 is 5.97 Å². The predicted molar refractivity (Wildman–Crippen MR) is 202 cm³/mol. The second-order valence-electron chi connectivity index (χ2n) is 18.0. The predicted octanol–water partition coefficient (Wildman–Crippen LogP) is 7.08. The van der Waals surface area contributed by atoms with Gasteiger partial charge in [-0.05, 0) is 38.1 Å². The zero-order valence-electron chi connectivity index (χ0n) is 33.8. The number of rotatable bonds is 23. The highest BCUT2D eigenvalue weighted by Crippen LogP contribution is 2.80. The third kappa shape index (κ3) is 6.44. The molecule has 1 aliphatic heterocycles. The van der Waals surface area contributed by atoms with E-state index in [0.717, 1.165) is 32.1 Å². The number of piperidine rings is 1.